The zero-order chi connectivity index (χ0) is 19.9. The van der Waals surface area contributed by atoms with Crippen LogP contribution in [0.1, 0.15) is 36.9 Å². The number of ether oxygens (including phenoxy) is 1. The van der Waals surface area contributed by atoms with Crippen LogP contribution in [0.25, 0.3) is 0 Å². The summed E-state index contributed by atoms with van der Waals surface area (Å²) in [7, 11) is 0. The van der Waals surface area contributed by atoms with Crippen LogP contribution in [0.4, 0.5) is 4.39 Å². The van der Waals surface area contributed by atoms with Crippen molar-refractivity contribution in [3.05, 3.63) is 71.5 Å². The average molecular weight is 384 g/mol. The number of nitrogens with one attached hydrogen (secondary N) is 1. The molecule has 2 aromatic carbocycles. The number of carbonyl (C=O) groups is 2. The fourth-order valence-electron chi connectivity index (χ4n) is 3.40. The molecule has 2 amide bonds. The van der Waals surface area contributed by atoms with Crippen LogP contribution in [-0.2, 0) is 20.9 Å². The summed E-state index contributed by atoms with van der Waals surface area (Å²) in [5.74, 6) is -0.823. The van der Waals surface area contributed by atoms with Crippen molar-refractivity contribution in [2.75, 3.05) is 13.2 Å². The van der Waals surface area contributed by atoms with Gasteiger partial charge in [0.1, 0.15) is 11.9 Å². The molecule has 2 aromatic rings. The summed E-state index contributed by atoms with van der Waals surface area (Å²) >= 11 is 0. The first-order chi connectivity index (χ1) is 13.5. The van der Waals surface area contributed by atoms with Gasteiger partial charge >= 0.3 is 0 Å². The van der Waals surface area contributed by atoms with Gasteiger partial charge in [0.15, 0.2) is 0 Å². The van der Waals surface area contributed by atoms with Gasteiger partial charge in [0.05, 0.1) is 6.10 Å². The van der Waals surface area contributed by atoms with E-state index in [1.807, 2.05) is 30.3 Å². The van der Waals surface area contributed by atoms with Crippen molar-refractivity contribution < 1.29 is 18.7 Å². The highest BCUT2D eigenvalue weighted by molar-refractivity contribution is 5.88. The van der Waals surface area contributed by atoms with E-state index in [4.69, 9.17) is 4.74 Å². The summed E-state index contributed by atoms with van der Waals surface area (Å²) in [4.78, 5) is 27.0. The van der Waals surface area contributed by atoms with Crippen LogP contribution in [0.15, 0.2) is 54.6 Å². The molecule has 0 unspecified atom stereocenters. The summed E-state index contributed by atoms with van der Waals surface area (Å²) in [6, 6.07) is 14.4. The second-order valence-corrected chi connectivity index (χ2v) is 6.97. The quantitative estimate of drug-likeness (QED) is 0.798. The third-order valence-corrected chi connectivity index (χ3v) is 4.87. The average Bonchev–Trinajstić information content (AvgIpc) is 3.22. The van der Waals surface area contributed by atoms with E-state index in [9.17, 15) is 14.0 Å². The Labute approximate surface area is 164 Å². The number of hydrogen-bond acceptors (Lipinski definition) is 3. The summed E-state index contributed by atoms with van der Waals surface area (Å²) in [6.07, 6.45) is 1.93. The monoisotopic (exact) mass is 384 g/mol. The lowest BCUT2D eigenvalue weighted by Crippen LogP contribution is -2.44. The molecule has 1 fully saturated rings. The van der Waals surface area contributed by atoms with Crippen molar-refractivity contribution >= 4 is 11.8 Å². The molecule has 0 saturated carbocycles. The van der Waals surface area contributed by atoms with Gasteiger partial charge in [-0.25, -0.2) is 4.39 Å². The third-order valence-electron chi connectivity index (χ3n) is 4.87. The van der Waals surface area contributed by atoms with Crippen molar-refractivity contribution in [2.24, 2.45) is 0 Å². The van der Waals surface area contributed by atoms with Gasteiger partial charge in [0.2, 0.25) is 11.8 Å². The Kier molecular flexibility index (Phi) is 6.76. The Balaban J connectivity index is 1.82. The first-order valence-electron chi connectivity index (χ1n) is 9.50. The molecule has 0 bridgehead atoms. The standard InChI is InChI=1S/C22H25FN2O3/c1-16(26)25(15-17-9-11-19(23)12-10-17)21(18-6-3-2-4-7-18)22(27)24-14-20-8-5-13-28-20/h2-4,6-7,9-12,20-21H,5,8,13-15H2,1H3,(H,24,27)/t20-,21+/m1/s1. The molecular formula is C22H25FN2O3. The number of rotatable bonds is 7. The van der Waals surface area contributed by atoms with Gasteiger partial charge in [-0.2, -0.15) is 0 Å². The van der Waals surface area contributed by atoms with E-state index in [1.165, 1.54) is 24.0 Å². The fraction of sp³-hybridized carbons (Fsp3) is 0.364. The third kappa shape index (κ3) is 5.16. The summed E-state index contributed by atoms with van der Waals surface area (Å²) < 4.78 is 18.8. The zero-order valence-electron chi connectivity index (χ0n) is 15.9. The molecule has 1 N–H and O–H groups in total. The molecule has 0 aliphatic carbocycles. The number of nitrogens with zero attached hydrogens (tertiary/aromatic N) is 1. The minimum atomic E-state index is -0.773. The lowest BCUT2D eigenvalue weighted by atomic mass is 10.0. The molecule has 0 aromatic heterocycles. The molecule has 0 spiro atoms. The molecule has 0 radical (unpaired) electrons. The Morgan fingerprint density at radius 2 is 1.89 bits per heavy atom. The molecule has 6 heteroatoms. The number of halogens is 1. The van der Waals surface area contributed by atoms with E-state index in [2.05, 4.69) is 5.32 Å². The molecule has 2 atom stereocenters. The molecule has 1 aliphatic rings. The Bertz CT molecular complexity index is 789. The second kappa shape index (κ2) is 9.46. The number of benzene rings is 2. The minimum Gasteiger partial charge on any atom is -0.376 e. The molecule has 5 nitrogen and oxygen atoms in total. The first-order valence-corrected chi connectivity index (χ1v) is 9.50. The number of carbonyl (C=O) groups excluding carboxylic acids is 2. The topological polar surface area (TPSA) is 58.6 Å². The lowest BCUT2D eigenvalue weighted by Gasteiger charge is -2.31. The second-order valence-electron chi connectivity index (χ2n) is 6.97. The van der Waals surface area contributed by atoms with Crippen LogP contribution in [-0.4, -0.2) is 36.0 Å². The molecule has 1 heterocycles. The van der Waals surface area contributed by atoms with Gasteiger partial charge in [0, 0.05) is 26.6 Å². The van der Waals surface area contributed by atoms with E-state index >= 15 is 0 Å². The highest BCUT2D eigenvalue weighted by Crippen LogP contribution is 2.24. The van der Waals surface area contributed by atoms with Gasteiger partial charge in [-0.1, -0.05) is 42.5 Å². The molecule has 3 rings (SSSR count). The van der Waals surface area contributed by atoms with Gasteiger partial charge in [0.25, 0.3) is 0 Å². The molecule has 1 saturated heterocycles. The van der Waals surface area contributed by atoms with Crippen molar-refractivity contribution in [3.8, 4) is 0 Å². The van der Waals surface area contributed by atoms with E-state index < -0.39 is 6.04 Å². The maximum absolute atomic E-state index is 13.2. The fourth-order valence-corrected chi connectivity index (χ4v) is 3.40. The zero-order valence-corrected chi connectivity index (χ0v) is 15.9. The van der Waals surface area contributed by atoms with Crippen LogP contribution in [0.2, 0.25) is 0 Å². The van der Waals surface area contributed by atoms with Crippen LogP contribution in [0, 0.1) is 5.82 Å². The Morgan fingerprint density at radius 1 is 1.18 bits per heavy atom. The summed E-state index contributed by atoms with van der Waals surface area (Å²) in [5.41, 5.74) is 1.48. The summed E-state index contributed by atoms with van der Waals surface area (Å²) in [6.45, 7) is 2.78. The predicted octanol–water partition coefficient (Wildman–Crippen LogP) is 3.21. The Hall–Kier alpha value is -2.73. The van der Waals surface area contributed by atoms with Crippen molar-refractivity contribution in [1.29, 1.82) is 0 Å². The highest BCUT2D eigenvalue weighted by atomic mass is 19.1. The SMILES string of the molecule is CC(=O)N(Cc1ccc(F)cc1)[C@H](C(=O)NC[C@H]1CCCO1)c1ccccc1. The van der Waals surface area contributed by atoms with Crippen LogP contribution in [0.3, 0.4) is 0 Å². The Morgan fingerprint density at radius 3 is 2.50 bits per heavy atom. The molecule has 148 valence electrons. The van der Waals surface area contributed by atoms with E-state index in [-0.39, 0.29) is 30.3 Å². The van der Waals surface area contributed by atoms with Gasteiger partial charge in [-0.3, -0.25) is 9.59 Å². The van der Waals surface area contributed by atoms with Gasteiger partial charge in [-0.15, -0.1) is 0 Å². The maximum Gasteiger partial charge on any atom is 0.247 e. The smallest absolute Gasteiger partial charge is 0.247 e. The van der Waals surface area contributed by atoms with Crippen molar-refractivity contribution in [1.82, 2.24) is 10.2 Å². The van der Waals surface area contributed by atoms with Crippen molar-refractivity contribution in [3.63, 3.8) is 0 Å². The maximum atomic E-state index is 13.2. The lowest BCUT2D eigenvalue weighted by molar-refractivity contribution is -0.140. The van der Waals surface area contributed by atoms with E-state index in [1.54, 1.807) is 12.1 Å². The van der Waals surface area contributed by atoms with Crippen LogP contribution < -0.4 is 5.32 Å². The normalized spacial score (nSPS) is 17.1. The molecular weight excluding hydrogens is 359 g/mol. The predicted molar refractivity (Wildman–Crippen MR) is 104 cm³/mol. The first kappa shape index (κ1) is 20.0. The van der Waals surface area contributed by atoms with Gasteiger partial charge < -0.3 is 15.0 Å². The number of amides is 2. The minimum absolute atomic E-state index is 0.0169. The molecule has 1 aliphatic heterocycles. The largest absolute Gasteiger partial charge is 0.376 e. The van der Waals surface area contributed by atoms with Crippen LogP contribution in [0.5, 0.6) is 0 Å². The van der Waals surface area contributed by atoms with Crippen molar-refractivity contribution in [2.45, 2.75) is 38.5 Å². The van der Waals surface area contributed by atoms with Crippen LogP contribution >= 0.6 is 0 Å². The van der Waals surface area contributed by atoms with E-state index in [0.717, 1.165) is 24.0 Å². The highest BCUT2D eigenvalue weighted by Gasteiger charge is 2.30. The van der Waals surface area contributed by atoms with E-state index in [0.29, 0.717) is 13.2 Å². The number of hydrogen-bond donors (Lipinski definition) is 1. The molecule has 28 heavy (non-hydrogen) atoms. The van der Waals surface area contributed by atoms with Gasteiger partial charge in [-0.05, 0) is 36.1 Å². The summed E-state index contributed by atoms with van der Waals surface area (Å²) in [5, 5.41) is 2.94.